The van der Waals surface area contributed by atoms with Crippen molar-refractivity contribution < 1.29 is 17.2 Å². The highest BCUT2D eigenvalue weighted by molar-refractivity contribution is 9.10. The highest BCUT2D eigenvalue weighted by Crippen LogP contribution is 2.33. The van der Waals surface area contributed by atoms with Gasteiger partial charge < -0.3 is 0 Å². The molecule has 0 spiro atoms. The molecule has 3 nitrogen and oxygen atoms in total. The third kappa shape index (κ3) is 2.49. The smallest absolute Gasteiger partial charge is 0.207 e. The van der Waals surface area contributed by atoms with Crippen molar-refractivity contribution in [2.24, 2.45) is 0 Å². The van der Waals surface area contributed by atoms with E-state index in [0.717, 1.165) is 17.2 Å². The van der Waals surface area contributed by atoms with E-state index >= 15 is 0 Å². The molecule has 0 fully saturated rings. The SMILES string of the molecule is O=S(=O)(c1c(F)cc(F)cc1Br)N1Cc2ccccc2C1. The van der Waals surface area contributed by atoms with E-state index in [2.05, 4.69) is 15.9 Å². The van der Waals surface area contributed by atoms with E-state index in [4.69, 9.17) is 0 Å². The third-order valence-electron chi connectivity index (χ3n) is 3.37. The molecule has 110 valence electrons. The number of fused-ring (bicyclic) bond motifs is 1. The Morgan fingerprint density at radius 3 is 2.14 bits per heavy atom. The van der Waals surface area contributed by atoms with Crippen molar-refractivity contribution in [3.63, 3.8) is 0 Å². The van der Waals surface area contributed by atoms with Gasteiger partial charge in [-0.1, -0.05) is 24.3 Å². The molecule has 1 heterocycles. The number of rotatable bonds is 2. The fourth-order valence-electron chi connectivity index (χ4n) is 2.38. The van der Waals surface area contributed by atoms with Crippen LogP contribution < -0.4 is 0 Å². The molecule has 0 radical (unpaired) electrons. The van der Waals surface area contributed by atoms with Gasteiger partial charge in [-0.15, -0.1) is 0 Å². The van der Waals surface area contributed by atoms with E-state index in [1.165, 1.54) is 4.31 Å². The van der Waals surface area contributed by atoms with Gasteiger partial charge >= 0.3 is 0 Å². The molecule has 0 aliphatic carbocycles. The molecule has 0 unspecified atom stereocenters. The molecular weight excluding hydrogens is 364 g/mol. The average molecular weight is 374 g/mol. The normalized spacial score (nSPS) is 15.2. The second kappa shape index (κ2) is 5.15. The van der Waals surface area contributed by atoms with Crippen molar-refractivity contribution in [3.05, 3.63) is 63.6 Å². The summed E-state index contributed by atoms with van der Waals surface area (Å²) in [6.07, 6.45) is 0. The predicted octanol–water partition coefficient (Wildman–Crippen LogP) is 3.43. The number of sulfonamides is 1. The monoisotopic (exact) mass is 373 g/mol. The van der Waals surface area contributed by atoms with Crippen LogP contribution in [-0.4, -0.2) is 12.7 Å². The lowest BCUT2D eigenvalue weighted by Gasteiger charge is -2.17. The first kappa shape index (κ1) is 14.6. The lowest BCUT2D eigenvalue weighted by molar-refractivity contribution is 0.425. The lowest BCUT2D eigenvalue weighted by atomic mass is 10.1. The van der Waals surface area contributed by atoms with Gasteiger partial charge in [0.15, 0.2) is 0 Å². The molecule has 21 heavy (non-hydrogen) atoms. The molecule has 7 heteroatoms. The van der Waals surface area contributed by atoms with Gasteiger partial charge in [0.25, 0.3) is 0 Å². The first-order valence-corrected chi connectivity index (χ1v) is 8.34. The van der Waals surface area contributed by atoms with Gasteiger partial charge in [-0.25, -0.2) is 17.2 Å². The zero-order valence-electron chi connectivity index (χ0n) is 10.7. The van der Waals surface area contributed by atoms with Gasteiger partial charge in [-0.2, -0.15) is 4.31 Å². The van der Waals surface area contributed by atoms with E-state index < -0.39 is 26.6 Å². The molecule has 1 aliphatic rings. The Bertz CT molecular complexity index is 775. The Morgan fingerprint density at radius 2 is 1.62 bits per heavy atom. The summed E-state index contributed by atoms with van der Waals surface area (Å²) in [6.45, 7) is 0.365. The van der Waals surface area contributed by atoms with E-state index in [9.17, 15) is 17.2 Å². The van der Waals surface area contributed by atoms with Crippen LogP contribution in [0.4, 0.5) is 8.78 Å². The fourth-order valence-corrected chi connectivity index (χ4v) is 4.89. The van der Waals surface area contributed by atoms with E-state index in [0.29, 0.717) is 6.07 Å². The summed E-state index contributed by atoms with van der Waals surface area (Å²) in [6, 6.07) is 8.83. The van der Waals surface area contributed by atoms with Crippen molar-refractivity contribution >= 4 is 26.0 Å². The van der Waals surface area contributed by atoms with E-state index in [1.54, 1.807) is 0 Å². The Morgan fingerprint density at radius 1 is 1.05 bits per heavy atom. The minimum atomic E-state index is -4.04. The summed E-state index contributed by atoms with van der Waals surface area (Å²) in [5.41, 5.74) is 1.78. The lowest BCUT2D eigenvalue weighted by Crippen LogP contribution is -2.27. The summed E-state index contributed by atoms with van der Waals surface area (Å²) in [7, 11) is -4.04. The Kier molecular flexibility index (Phi) is 3.59. The second-order valence-electron chi connectivity index (χ2n) is 4.74. The van der Waals surface area contributed by atoms with Gasteiger partial charge in [0, 0.05) is 23.6 Å². The summed E-state index contributed by atoms with van der Waals surface area (Å²) in [4.78, 5) is -0.531. The van der Waals surface area contributed by atoms with Crippen LogP contribution >= 0.6 is 15.9 Å². The number of hydrogen-bond acceptors (Lipinski definition) is 2. The van der Waals surface area contributed by atoms with Gasteiger partial charge in [0.05, 0.1) is 0 Å². The summed E-state index contributed by atoms with van der Waals surface area (Å²) < 4.78 is 53.3. The molecule has 2 aromatic carbocycles. The van der Waals surface area contributed by atoms with Crippen LogP contribution in [0.5, 0.6) is 0 Å². The first-order chi connectivity index (χ1) is 9.89. The molecule has 0 N–H and O–H groups in total. The average Bonchev–Trinajstić information content (AvgIpc) is 2.81. The summed E-state index contributed by atoms with van der Waals surface area (Å²) in [5.74, 6) is -1.93. The van der Waals surface area contributed by atoms with Gasteiger partial charge in [-0.05, 0) is 33.1 Å². The maximum atomic E-state index is 13.9. The van der Waals surface area contributed by atoms with Crippen molar-refractivity contribution in [2.45, 2.75) is 18.0 Å². The van der Waals surface area contributed by atoms with Crippen LogP contribution in [0, 0.1) is 11.6 Å². The number of halogens is 3. The standard InChI is InChI=1S/C14H10BrF2NO2S/c15-12-5-11(16)6-13(17)14(12)21(19,20)18-7-9-3-1-2-4-10(9)8-18/h1-6H,7-8H2. The second-order valence-corrected chi connectivity index (χ2v) is 7.47. The Labute approximate surface area is 129 Å². The largest absolute Gasteiger partial charge is 0.247 e. The molecule has 3 rings (SSSR count). The molecule has 1 aliphatic heterocycles. The zero-order chi connectivity index (χ0) is 15.2. The number of benzene rings is 2. The zero-order valence-corrected chi connectivity index (χ0v) is 13.1. The number of nitrogens with zero attached hydrogens (tertiary/aromatic N) is 1. The predicted molar refractivity (Wildman–Crippen MR) is 76.9 cm³/mol. The third-order valence-corrected chi connectivity index (χ3v) is 6.13. The van der Waals surface area contributed by atoms with Crippen LogP contribution in [-0.2, 0) is 23.1 Å². The van der Waals surface area contributed by atoms with E-state index in [1.807, 2.05) is 24.3 Å². The first-order valence-electron chi connectivity index (χ1n) is 6.11. The summed E-state index contributed by atoms with van der Waals surface area (Å²) >= 11 is 2.93. The molecule has 0 amide bonds. The van der Waals surface area contributed by atoms with Crippen molar-refractivity contribution in [3.8, 4) is 0 Å². The highest BCUT2D eigenvalue weighted by Gasteiger charge is 2.34. The molecule has 2 aromatic rings. The molecule has 0 saturated heterocycles. The van der Waals surface area contributed by atoms with Gasteiger partial charge in [0.2, 0.25) is 10.0 Å². The number of hydrogen-bond donors (Lipinski definition) is 0. The molecule has 0 saturated carbocycles. The van der Waals surface area contributed by atoms with Crippen molar-refractivity contribution in [1.29, 1.82) is 0 Å². The summed E-state index contributed by atoms with van der Waals surface area (Å²) in [5, 5.41) is 0. The topological polar surface area (TPSA) is 37.4 Å². The van der Waals surface area contributed by atoms with Crippen molar-refractivity contribution in [2.75, 3.05) is 0 Å². The van der Waals surface area contributed by atoms with Crippen LogP contribution in [0.1, 0.15) is 11.1 Å². The Hall–Kier alpha value is -1.31. The minimum Gasteiger partial charge on any atom is -0.207 e. The molecular formula is C14H10BrF2NO2S. The van der Waals surface area contributed by atoms with Crippen LogP contribution in [0.25, 0.3) is 0 Å². The van der Waals surface area contributed by atoms with Gasteiger partial charge in [-0.3, -0.25) is 0 Å². The van der Waals surface area contributed by atoms with Crippen LogP contribution in [0.3, 0.4) is 0 Å². The molecule has 0 atom stereocenters. The molecule has 0 aromatic heterocycles. The maximum absolute atomic E-state index is 13.9. The minimum absolute atomic E-state index is 0.115. The Balaban J connectivity index is 2.04. The van der Waals surface area contributed by atoms with Crippen LogP contribution in [0.15, 0.2) is 45.8 Å². The maximum Gasteiger partial charge on any atom is 0.247 e. The fraction of sp³-hybridized carbons (Fsp3) is 0.143. The van der Waals surface area contributed by atoms with Crippen LogP contribution in [0.2, 0.25) is 0 Å². The van der Waals surface area contributed by atoms with E-state index in [-0.39, 0.29) is 17.6 Å². The molecule has 0 bridgehead atoms. The van der Waals surface area contributed by atoms with Crippen molar-refractivity contribution in [1.82, 2.24) is 4.31 Å². The van der Waals surface area contributed by atoms with Gasteiger partial charge in [0.1, 0.15) is 16.5 Å². The highest BCUT2D eigenvalue weighted by atomic mass is 79.9. The quantitative estimate of drug-likeness (QED) is 0.808.